The number of ether oxygens (including phenoxy) is 2. The highest BCUT2D eigenvalue weighted by Gasteiger charge is 2.44. The summed E-state index contributed by atoms with van der Waals surface area (Å²) in [6.45, 7) is 3.51. The molecular formula is C62H123NO10. The van der Waals surface area contributed by atoms with Crippen LogP contribution in [-0.2, 0) is 14.3 Å². The molecule has 0 spiro atoms. The van der Waals surface area contributed by atoms with Crippen molar-refractivity contribution < 1.29 is 50.0 Å². The Labute approximate surface area is 449 Å². The van der Waals surface area contributed by atoms with Crippen LogP contribution < -0.4 is 5.32 Å². The van der Waals surface area contributed by atoms with Gasteiger partial charge in [-0.05, 0) is 12.8 Å². The van der Waals surface area contributed by atoms with Gasteiger partial charge in [-0.3, -0.25) is 4.79 Å². The predicted molar refractivity (Wildman–Crippen MR) is 303 cm³/mol. The molecule has 0 aromatic rings. The minimum atomic E-state index is -1.66. The van der Waals surface area contributed by atoms with Crippen LogP contribution in [-0.4, -0.2) is 110 Å². The molecule has 0 radical (unpaired) electrons. The number of unbranched alkanes of at least 4 members (excludes halogenated alkanes) is 44. The Hall–Kier alpha value is -0.890. The third-order valence-electron chi connectivity index (χ3n) is 15.9. The maximum atomic E-state index is 13.2. The Bertz CT molecular complexity index is 1150. The third-order valence-corrected chi connectivity index (χ3v) is 15.9. The lowest BCUT2D eigenvalue weighted by atomic mass is 9.98. The van der Waals surface area contributed by atoms with Crippen molar-refractivity contribution in [2.24, 2.45) is 0 Å². The number of carbonyl (C=O) groups is 1. The van der Waals surface area contributed by atoms with Crippen molar-refractivity contribution in [1.29, 1.82) is 0 Å². The van der Waals surface area contributed by atoms with Crippen LogP contribution in [0, 0.1) is 0 Å². The van der Waals surface area contributed by atoms with Crippen LogP contribution in [0.25, 0.3) is 0 Å². The van der Waals surface area contributed by atoms with Crippen molar-refractivity contribution in [1.82, 2.24) is 5.32 Å². The van der Waals surface area contributed by atoms with Gasteiger partial charge in [-0.2, -0.15) is 0 Å². The van der Waals surface area contributed by atoms with Gasteiger partial charge in [0.25, 0.3) is 0 Å². The first-order valence-corrected chi connectivity index (χ1v) is 31.9. The molecule has 1 fully saturated rings. The van der Waals surface area contributed by atoms with E-state index in [1.54, 1.807) is 0 Å². The summed E-state index contributed by atoms with van der Waals surface area (Å²) in [5.41, 5.74) is 0. The molecule has 1 amide bonds. The fourth-order valence-corrected chi connectivity index (χ4v) is 10.7. The van der Waals surface area contributed by atoms with Crippen LogP contribution >= 0.6 is 0 Å². The molecule has 1 aliphatic rings. The predicted octanol–water partition coefficient (Wildman–Crippen LogP) is 14.1. The van der Waals surface area contributed by atoms with E-state index in [4.69, 9.17) is 9.47 Å². The van der Waals surface area contributed by atoms with E-state index in [9.17, 15) is 40.5 Å². The van der Waals surface area contributed by atoms with Crippen LogP contribution in [0.1, 0.15) is 322 Å². The lowest BCUT2D eigenvalue weighted by Crippen LogP contribution is -2.60. The number of nitrogens with one attached hydrogen (secondary N) is 1. The van der Waals surface area contributed by atoms with E-state index in [0.29, 0.717) is 19.3 Å². The average molecular weight is 1040 g/mol. The van der Waals surface area contributed by atoms with Gasteiger partial charge in [0.2, 0.25) is 5.91 Å². The molecule has 73 heavy (non-hydrogen) atoms. The zero-order valence-electron chi connectivity index (χ0n) is 47.9. The molecule has 11 nitrogen and oxygen atoms in total. The summed E-state index contributed by atoms with van der Waals surface area (Å²) in [7, 11) is 0. The summed E-state index contributed by atoms with van der Waals surface area (Å²) < 4.78 is 11.2. The van der Waals surface area contributed by atoms with Gasteiger partial charge < -0.3 is 50.5 Å². The number of aliphatic hydroxyl groups excluding tert-OH is 7. The molecule has 0 aromatic carbocycles. The summed E-state index contributed by atoms with van der Waals surface area (Å²) in [5.74, 6) is -0.688. The van der Waals surface area contributed by atoms with Crippen LogP contribution in [0.2, 0.25) is 0 Å². The third kappa shape index (κ3) is 40.0. The molecule has 11 heteroatoms. The van der Waals surface area contributed by atoms with Crippen molar-refractivity contribution in [3.63, 3.8) is 0 Å². The van der Waals surface area contributed by atoms with Crippen molar-refractivity contribution in [2.75, 3.05) is 13.2 Å². The quantitative estimate of drug-likeness (QED) is 0.0272. The van der Waals surface area contributed by atoms with Crippen molar-refractivity contribution in [3.8, 4) is 0 Å². The van der Waals surface area contributed by atoms with Crippen molar-refractivity contribution >= 4 is 5.91 Å². The number of aliphatic hydroxyl groups is 7. The van der Waals surface area contributed by atoms with Gasteiger partial charge in [0.15, 0.2) is 6.29 Å². The molecule has 0 aliphatic carbocycles. The first-order chi connectivity index (χ1) is 35.7. The highest BCUT2D eigenvalue weighted by molar-refractivity contribution is 5.80. The van der Waals surface area contributed by atoms with E-state index in [-0.39, 0.29) is 6.42 Å². The molecule has 8 N–H and O–H groups in total. The average Bonchev–Trinajstić information content (AvgIpc) is 3.39. The first-order valence-electron chi connectivity index (χ1n) is 31.9. The van der Waals surface area contributed by atoms with Crippen molar-refractivity contribution in [2.45, 2.75) is 377 Å². The Balaban J connectivity index is 2.23. The first kappa shape index (κ1) is 70.1. The van der Waals surface area contributed by atoms with E-state index >= 15 is 0 Å². The minimum Gasteiger partial charge on any atom is -0.394 e. The van der Waals surface area contributed by atoms with Crippen LogP contribution in [0.4, 0.5) is 0 Å². The van der Waals surface area contributed by atoms with Crippen LogP contribution in [0.3, 0.4) is 0 Å². The summed E-state index contributed by atoms with van der Waals surface area (Å²) in [6, 6.07) is -1.16. The van der Waals surface area contributed by atoms with Crippen LogP contribution in [0.5, 0.6) is 0 Å². The number of hydrogen-bond donors (Lipinski definition) is 8. The molecule has 436 valence electrons. The molecular weight excluding hydrogens is 919 g/mol. The van der Waals surface area contributed by atoms with Crippen LogP contribution in [0.15, 0.2) is 0 Å². The standard InChI is InChI=1S/C62H123NO10/c1-3-5-7-9-11-13-15-17-19-21-23-24-25-26-27-28-29-30-32-34-36-38-40-42-44-46-48-50-55(66)61(71)63-53(52-72-62-60(70)59(69)58(68)56(51-64)73-62)57(67)54(65)49-47-45-43-41-39-37-35-33-31-22-20-18-16-14-12-10-8-6-4-2/h53-60,62,64-70H,3-52H2,1-2H3,(H,63,71). The largest absolute Gasteiger partial charge is 0.394 e. The second-order valence-corrected chi connectivity index (χ2v) is 22.9. The summed E-state index contributed by atoms with van der Waals surface area (Å²) in [4.78, 5) is 13.2. The highest BCUT2D eigenvalue weighted by Crippen LogP contribution is 2.24. The summed E-state index contributed by atoms with van der Waals surface area (Å²) >= 11 is 0. The molecule has 0 saturated carbocycles. The Morgan fingerprint density at radius 3 is 1.01 bits per heavy atom. The fraction of sp³-hybridized carbons (Fsp3) is 0.984. The molecule has 0 aromatic heterocycles. The van der Waals surface area contributed by atoms with E-state index in [0.717, 1.165) is 38.5 Å². The summed E-state index contributed by atoms with van der Waals surface area (Å²) in [6.07, 6.45) is 48.8. The van der Waals surface area contributed by atoms with Gasteiger partial charge in [-0.15, -0.1) is 0 Å². The maximum absolute atomic E-state index is 13.2. The van der Waals surface area contributed by atoms with E-state index in [1.165, 1.54) is 244 Å². The monoisotopic (exact) mass is 1040 g/mol. The maximum Gasteiger partial charge on any atom is 0.249 e. The zero-order chi connectivity index (χ0) is 53.3. The number of carbonyl (C=O) groups excluding carboxylic acids is 1. The van der Waals surface area contributed by atoms with E-state index in [1.807, 2.05) is 0 Å². The zero-order valence-corrected chi connectivity index (χ0v) is 47.9. The van der Waals surface area contributed by atoms with E-state index in [2.05, 4.69) is 19.2 Å². The lowest BCUT2D eigenvalue weighted by Gasteiger charge is -2.40. The fourth-order valence-electron chi connectivity index (χ4n) is 10.7. The highest BCUT2D eigenvalue weighted by atomic mass is 16.7. The summed E-state index contributed by atoms with van der Waals surface area (Å²) in [5, 5.41) is 76.3. The van der Waals surface area contributed by atoms with Gasteiger partial charge in [0.05, 0.1) is 25.4 Å². The molecule has 0 bridgehead atoms. The Morgan fingerprint density at radius 1 is 0.425 bits per heavy atom. The number of rotatable bonds is 56. The second-order valence-electron chi connectivity index (χ2n) is 22.9. The smallest absolute Gasteiger partial charge is 0.249 e. The molecule has 9 atom stereocenters. The van der Waals surface area contributed by atoms with E-state index < -0.39 is 74.2 Å². The molecule has 1 aliphatic heterocycles. The van der Waals surface area contributed by atoms with Gasteiger partial charge in [-0.25, -0.2) is 0 Å². The van der Waals surface area contributed by atoms with Gasteiger partial charge in [0.1, 0.15) is 36.6 Å². The molecule has 1 heterocycles. The number of amides is 1. The van der Waals surface area contributed by atoms with Gasteiger partial charge >= 0.3 is 0 Å². The van der Waals surface area contributed by atoms with Gasteiger partial charge in [-0.1, -0.05) is 309 Å². The SMILES string of the molecule is CCCCCCCCCCCCCCCCCCCCCCCCCCCCCC(O)C(=O)NC(COC1OC(CO)C(O)C(O)C1O)C(O)C(O)CCCCCCCCCCCCCCCCCCCCC. The number of hydrogen-bond acceptors (Lipinski definition) is 10. The Morgan fingerprint density at radius 2 is 0.712 bits per heavy atom. The normalized spacial score (nSPS) is 19.8. The van der Waals surface area contributed by atoms with Gasteiger partial charge in [0, 0.05) is 0 Å². The van der Waals surface area contributed by atoms with Crippen molar-refractivity contribution in [3.05, 3.63) is 0 Å². The Kier molecular flexibility index (Phi) is 49.8. The lowest BCUT2D eigenvalue weighted by molar-refractivity contribution is -0.303. The molecule has 1 rings (SSSR count). The second kappa shape index (κ2) is 51.8. The topological polar surface area (TPSA) is 189 Å². The molecule has 1 saturated heterocycles. The molecule has 9 unspecified atom stereocenters. The minimum absolute atomic E-state index is 0.267.